The van der Waals surface area contributed by atoms with E-state index >= 15 is 0 Å². The molecule has 0 amide bonds. The number of ether oxygens (including phenoxy) is 1. The predicted octanol–water partition coefficient (Wildman–Crippen LogP) is 3.03. The Morgan fingerprint density at radius 1 is 1.17 bits per heavy atom. The molecule has 0 atom stereocenters. The quantitative estimate of drug-likeness (QED) is 0.815. The first-order chi connectivity index (χ1) is 8.69. The summed E-state index contributed by atoms with van der Waals surface area (Å²) in [5.74, 6) is 0.505. The van der Waals surface area contributed by atoms with Crippen LogP contribution in [0.3, 0.4) is 0 Å². The van der Waals surface area contributed by atoms with Crippen LogP contribution in [0.25, 0.3) is 0 Å². The second kappa shape index (κ2) is 5.40. The molecule has 0 heterocycles. The summed E-state index contributed by atoms with van der Waals surface area (Å²) in [5.41, 5.74) is 8.29. The fourth-order valence-corrected chi connectivity index (χ4v) is 1.62. The number of nitrogens with two attached hydrogens (primary N) is 1. The van der Waals surface area contributed by atoms with Crippen molar-refractivity contribution in [1.82, 2.24) is 0 Å². The van der Waals surface area contributed by atoms with Gasteiger partial charge in [0.05, 0.1) is 18.5 Å². The van der Waals surface area contributed by atoms with Crippen LogP contribution >= 0.6 is 0 Å². The Morgan fingerprint density at radius 2 is 1.89 bits per heavy atom. The van der Waals surface area contributed by atoms with Gasteiger partial charge in [0.2, 0.25) is 0 Å². The lowest BCUT2D eigenvalue weighted by Gasteiger charge is -2.11. The highest BCUT2D eigenvalue weighted by Gasteiger charge is 2.01. The second-order valence-electron chi connectivity index (χ2n) is 3.93. The standard InChI is InChI=1S/C14H15FN2O/c1-18-12-6-7-13(16)14(8-12)17-9-10-2-4-11(15)5-3-10/h2-8,17H,9,16H2,1H3. The Hall–Kier alpha value is -2.23. The molecule has 3 nitrogen and oxygen atoms in total. The average molecular weight is 246 g/mol. The van der Waals surface area contributed by atoms with Crippen LogP contribution in [0.15, 0.2) is 42.5 Å². The van der Waals surface area contributed by atoms with Crippen molar-refractivity contribution < 1.29 is 9.13 Å². The average Bonchev–Trinajstić information content (AvgIpc) is 2.40. The van der Waals surface area contributed by atoms with Gasteiger partial charge in [0, 0.05) is 12.6 Å². The SMILES string of the molecule is COc1ccc(N)c(NCc2ccc(F)cc2)c1. The molecule has 0 spiro atoms. The van der Waals surface area contributed by atoms with Crippen molar-refractivity contribution in [2.75, 3.05) is 18.2 Å². The Bertz CT molecular complexity index is 526. The zero-order valence-corrected chi connectivity index (χ0v) is 10.1. The molecule has 0 aromatic heterocycles. The normalized spacial score (nSPS) is 10.1. The monoisotopic (exact) mass is 246 g/mol. The van der Waals surface area contributed by atoms with Crippen molar-refractivity contribution in [3.8, 4) is 5.75 Å². The highest BCUT2D eigenvalue weighted by molar-refractivity contribution is 5.68. The van der Waals surface area contributed by atoms with Crippen molar-refractivity contribution in [3.63, 3.8) is 0 Å². The summed E-state index contributed by atoms with van der Waals surface area (Å²) in [7, 11) is 1.61. The van der Waals surface area contributed by atoms with Crippen molar-refractivity contribution in [2.24, 2.45) is 0 Å². The summed E-state index contributed by atoms with van der Waals surface area (Å²) in [6, 6.07) is 11.8. The molecule has 94 valence electrons. The Balaban J connectivity index is 2.07. The minimum atomic E-state index is -0.236. The first-order valence-electron chi connectivity index (χ1n) is 5.61. The van der Waals surface area contributed by atoms with Crippen LogP contribution in [0.4, 0.5) is 15.8 Å². The van der Waals surface area contributed by atoms with E-state index in [2.05, 4.69) is 5.32 Å². The smallest absolute Gasteiger partial charge is 0.123 e. The summed E-state index contributed by atoms with van der Waals surface area (Å²) >= 11 is 0. The summed E-state index contributed by atoms with van der Waals surface area (Å²) < 4.78 is 17.9. The van der Waals surface area contributed by atoms with E-state index in [0.717, 1.165) is 17.0 Å². The van der Waals surface area contributed by atoms with Crippen LogP contribution in [-0.2, 0) is 6.54 Å². The molecule has 3 N–H and O–H groups in total. The van der Waals surface area contributed by atoms with Gasteiger partial charge in [-0.1, -0.05) is 12.1 Å². The molecular formula is C14H15FN2O. The summed E-state index contributed by atoms with van der Waals surface area (Å²) in [6.07, 6.45) is 0. The first kappa shape index (κ1) is 12.2. The number of benzene rings is 2. The third kappa shape index (κ3) is 2.91. The lowest BCUT2D eigenvalue weighted by atomic mass is 10.2. The molecule has 4 heteroatoms. The van der Waals surface area contributed by atoms with Crippen molar-refractivity contribution in [2.45, 2.75) is 6.54 Å². The number of nitrogens with one attached hydrogen (secondary N) is 1. The van der Waals surface area contributed by atoms with Gasteiger partial charge >= 0.3 is 0 Å². The molecule has 0 saturated carbocycles. The highest BCUT2D eigenvalue weighted by Crippen LogP contribution is 2.24. The van der Waals surface area contributed by atoms with Crippen LogP contribution < -0.4 is 15.8 Å². The molecular weight excluding hydrogens is 231 g/mol. The molecule has 2 aromatic rings. The fraction of sp³-hybridized carbons (Fsp3) is 0.143. The molecule has 2 aromatic carbocycles. The molecule has 0 aliphatic carbocycles. The summed E-state index contributed by atoms with van der Waals surface area (Å²) in [4.78, 5) is 0. The van der Waals surface area contributed by atoms with E-state index in [-0.39, 0.29) is 5.82 Å². The Kier molecular flexibility index (Phi) is 3.67. The third-order valence-electron chi connectivity index (χ3n) is 2.66. The van der Waals surface area contributed by atoms with Gasteiger partial charge in [0.25, 0.3) is 0 Å². The molecule has 18 heavy (non-hydrogen) atoms. The van der Waals surface area contributed by atoms with E-state index in [1.807, 2.05) is 6.07 Å². The van der Waals surface area contributed by atoms with E-state index in [9.17, 15) is 4.39 Å². The molecule has 0 radical (unpaired) electrons. The van der Waals surface area contributed by atoms with Crippen molar-refractivity contribution >= 4 is 11.4 Å². The minimum Gasteiger partial charge on any atom is -0.497 e. The van der Waals surface area contributed by atoms with E-state index in [1.165, 1.54) is 12.1 Å². The predicted molar refractivity (Wildman–Crippen MR) is 71.1 cm³/mol. The third-order valence-corrected chi connectivity index (χ3v) is 2.66. The molecule has 0 unspecified atom stereocenters. The largest absolute Gasteiger partial charge is 0.497 e. The van der Waals surface area contributed by atoms with E-state index in [0.29, 0.717) is 12.2 Å². The summed E-state index contributed by atoms with van der Waals surface area (Å²) in [5, 5.41) is 3.20. The number of hydrogen-bond acceptors (Lipinski definition) is 3. The molecule has 2 rings (SSSR count). The molecule has 0 aliphatic rings. The van der Waals surface area contributed by atoms with Crippen molar-refractivity contribution in [1.29, 1.82) is 0 Å². The molecule has 0 saturated heterocycles. The van der Waals surface area contributed by atoms with E-state index in [4.69, 9.17) is 10.5 Å². The van der Waals surface area contributed by atoms with Crippen molar-refractivity contribution in [3.05, 3.63) is 53.8 Å². The topological polar surface area (TPSA) is 47.3 Å². The van der Waals surface area contributed by atoms with E-state index < -0.39 is 0 Å². The molecule has 0 fully saturated rings. The number of rotatable bonds is 4. The Labute approximate surface area is 105 Å². The van der Waals surface area contributed by atoms with Gasteiger partial charge in [0.1, 0.15) is 11.6 Å². The maximum Gasteiger partial charge on any atom is 0.123 e. The van der Waals surface area contributed by atoms with Gasteiger partial charge in [-0.2, -0.15) is 0 Å². The number of hydrogen-bond donors (Lipinski definition) is 2. The number of anilines is 2. The number of methoxy groups -OCH3 is 1. The minimum absolute atomic E-state index is 0.236. The lowest BCUT2D eigenvalue weighted by Crippen LogP contribution is -2.02. The highest BCUT2D eigenvalue weighted by atomic mass is 19.1. The zero-order valence-electron chi connectivity index (χ0n) is 10.1. The van der Waals surface area contributed by atoms with Gasteiger partial charge in [0.15, 0.2) is 0 Å². The van der Waals surface area contributed by atoms with Gasteiger partial charge in [-0.15, -0.1) is 0 Å². The zero-order chi connectivity index (χ0) is 13.0. The maximum atomic E-state index is 12.8. The number of nitrogen functional groups attached to an aromatic ring is 1. The Morgan fingerprint density at radius 3 is 2.56 bits per heavy atom. The second-order valence-corrected chi connectivity index (χ2v) is 3.93. The van der Waals surface area contributed by atoms with Crippen LogP contribution in [-0.4, -0.2) is 7.11 Å². The van der Waals surface area contributed by atoms with Gasteiger partial charge in [-0.25, -0.2) is 4.39 Å². The lowest BCUT2D eigenvalue weighted by molar-refractivity contribution is 0.415. The van der Waals surface area contributed by atoms with Crippen LogP contribution in [0.5, 0.6) is 5.75 Å². The fourth-order valence-electron chi connectivity index (χ4n) is 1.62. The molecule has 0 bridgehead atoms. The van der Waals surface area contributed by atoms with Gasteiger partial charge < -0.3 is 15.8 Å². The van der Waals surface area contributed by atoms with Crippen LogP contribution in [0, 0.1) is 5.82 Å². The van der Waals surface area contributed by atoms with E-state index in [1.54, 1.807) is 31.4 Å². The summed E-state index contributed by atoms with van der Waals surface area (Å²) in [6.45, 7) is 0.581. The van der Waals surface area contributed by atoms with Crippen LogP contribution in [0.1, 0.15) is 5.56 Å². The number of halogens is 1. The maximum absolute atomic E-state index is 12.8. The van der Waals surface area contributed by atoms with Gasteiger partial charge in [-0.3, -0.25) is 0 Å². The first-order valence-corrected chi connectivity index (χ1v) is 5.61. The van der Waals surface area contributed by atoms with Crippen LogP contribution in [0.2, 0.25) is 0 Å². The molecule has 0 aliphatic heterocycles. The van der Waals surface area contributed by atoms with Gasteiger partial charge in [-0.05, 0) is 29.8 Å².